The fourth-order valence-electron chi connectivity index (χ4n) is 5.77. The third kappa shape index (κ3) is 10.5. The van der Waals surface area contributed by atoms with E-state index in [1.165, 1.54) is 59.3 Å². The largest absolute Gasteiger partial charge is 0.497 e. The van der Waals surface area contributed by atoms with Gasteiger partial charge in [-0.25, -0.2) is 0 Å². The molecule has 5 nitrogen and oxygen atoms in total. The van der Waals surface area contributed by atoms with E-state index in [4.69, 9.17) is 14.2 Å². The van der Waals surface area contributed by atoms with E-state index >= 15 is 0 Å². The quantitative estimate of drug-likeness (QED) is 0.0990. The highest BCUT2D eigenvalue weighted by molar-refractivity contribution is 5.58. The molecule has 0 atom stereocenters. The summed E-state index contributed by atoms with van der Waals surface area (Å²) in [6.45, 7) is 8.20. The van der Waals surface area contributed by atoms with E-state index < -0.39 is 0 Å². The Bertz CT molecular complexity index is 1400. The molecule has 0 amide bonds. The van der Waals surface area contributed by atoms with Crippen molar-refractivity contribution in [2.45, 2.75) is 71.9 Å². The number of anilines is 2. The molecule has 0 saturated heterocycles. The van der Waals surface area contributed by atoms with Crippen LogP contribution in [0.5, 0.6) is 17.2 Å². The molecule has 0 aliphatic carbocycles. The maximum absolute atomic E-state index is 5.69. The minimum Gasteiger partial charge on any atom is -0.497 e. The summed E-state index contributed by atoms with van der Waals surface area (Å²) in [6.07, 6.45) is 8.10. The molecule has 0 spiro atoms. The SMILES string of the molecule is CCCCCN(Cc1ccc(OC)cc1)c1cc(OC)ccc1CCCCCN(Cc1ccc(C)cc1)c1ccc(OC)cc1. The average molecular weight is 609 g/mol. The summed E-state index contributed by atoms with van der Waals surface area (Å²) >= 11 is 0. The number of ether oxygens (including phenoxy) is 3. The molecule has 4 aromatic carbocycles. The molecule has 0 heterocycles. The first-order chi connectivity index (χ1) is 22.0. The Morgan fingerprint density at radius 1 is 0.533 bits per heavy atom. The van der Waals surface area contributed by atoms with Crippen LogP contribution in [-0.4, -0.2) is 34.4 Å². The Balaban J connectivity index is 1.43. The molecule has 0 N–H and O–H groups in total. The van der Waals surface area contributed by atoms with Crippen LogP contribution >= 0.6 is 0 Å². The minimum absolute atomic E-state index is 0.865. The molecule has 0 aliphatic rings. The second-order valence-corrected chi connectivity index (χ2v) is 11.9. The number of unbranched alkanes of at least 4 members (excludes halogenated alkanes) is 4. The van der Waals surface area contributed by atoms with Gasteiger partial charge in [0.25, 0.3) is 0 Å². The highest BCUT2D eigenvalue weighted by Crippen LogP contribution is 2.30. The van der Waals surface area contributed by atoms with Crippen LogP contribution in [0.4, 0.5) is 11.4 Å². The third-order valence-electron chi connectivity index (χ3n) is 8.50. The van der Waals surface area contributed by atoms with Gasteiger partial charge in [0.1, 0.15) is 17.2 Å². The van der Waals surface area contributed by atoms with Gasteiger partial charge in [-0.05, 0) is 91.8 Å². The molecule has 0 fully saturated rings. The van der Waals surface area contributed by atoms with Gasteiger partial charge in [0.15, 0.2) is 0 Å². The number of benzene rings is 4. The lowest BCUT2D eigenvalue weighted by molar-refractivity contribution is 0.414. The van der Waals surface area contributed by atoms with Gasteiger partial charge in [0, 0.05) is 43.6 Å². The predicted molar refractivity (Wildman–Crippen MR) is 189 cm³/mol. The summed E-state index contributed by atoms with van der Waals surface area (Å²) in [5, 5.41) is 0. The summed E-state index contributed by atoms with van der Waals surface area (Å²) in [6, 6.07) is 32.4. The minimum atomic E-state index is 0.865. The van der Waals surface area contributed by atoms with Crippen molar-refractivity contribution in [3.8, 4) is 17.2 Å². The fraction of sp³-hybridized carbons (Fsp3) is 0.400. The van der Waals surface area contributed by atoms with Crippen LogP contribution in [0.2, 0.25) is 0 Å². The van der Waals surface area contributed by atoms with Gasteiger partial charge in [-0.3, -0.25) is 0 Å². The van der Waals surface area contributed by atoms with E-state index in [0.29, 0.717) is 0 Å². The van der Waals surface area contributed by atoms with Crippen molar-refractivity contribution in [3.63, 3.8) is 0 Å². The molecular formula is C40H52N2O3. The first kappa shape index (κ1) is 33.8. The third-order valence-corrected chi connectivity index (χ3v) is 8.50. The van der Waals surface area contributed by atoms with E-state index in [1.807, 2.05) is 0 Å². The van der Waals surface area contributed by atoms with E-state index in [0.717, 1.165) is 62.7 Å². The Morgan fingerprint density at radius 3 is 1.69 bits per heavy atom. The van der Waals surface area contributed by atoms with Gasteiger partial charge in [0.05, 0.1) is 21.3 Å². The topological polar surface area (TPSA) is 34.2 Å². The molecule has 5 heteroatoms. The second-order valence-electron chi connectivity index (χ2n) is 11.9. The number of hydrogen-bond donors (Lipinski definition) is 0. The summed E-state index contributed by atoms with van der Waals surface area (Å²) in [7, 11) is 5.20. The second kappa shape index (κ2) is 18.0. The maximum Gasteiger partial charge on any atom is 0.120 e. The highest BCUT2D eigenvalue weighted by Gasteiger charge is 2.15. The summed E-state index contributed by atoms with van der Waals surface area (Å²) in [5.74, 6) is 2.69. The summed E-state index contributed by atoms with van der Waals surface area (Å²) in [4.78, 5) is 5.04. The molecule has 4 rings (SSSR count). The van der Waals surface area contributed by atoms with Crippen LogP contribution in [0.25, 0.3) is 0 Å². The van der Waals surface area contributed by atoms with E-state index in [9.17, 15) is 0 Å². The van der Waals surface area contributed by atoms with Crippen LogP contribution in [-0.2, 0) is 19.5 Å². The molecular weight excluding hydrogens is 556 g/mol. The lowest BCUT2D eigenvalue weighted by Gasteiger charge is -2.28. The zero-order valence-corrected chi connectivity index (χ0v) is 28.1. The Hall–Kier alpha value is -4.12. The van der Waals surface area contributed by atoms with Crippen molar-refractivity contribution < 1.29 is 14.2 Å². The number of rotatable bonds is 19. The van der Waals surface area contributed by atoms with Crippen LogP contribution in [0.3, 0.4) is 0 Å². The smallest absolute Gasteiger partial charge is 0.120 e. The lowest BCUT2D eigenvalue weighted by atomic mass is 10.0. The fourth-order valence-corrected chi connectivity index (χ4v) is 5.77. The molecule has 45 heavy (non-hydrogen) atoms. The maximum atomic E-state index is 5.69. The molecule has 0 unspecified atom stereocenters. The number of methoxy groups -OCH3 is 3. The molecule has 0 saturated carbocycles. The van der Waals surface area contributed by atoms with Crippen molar-refractivity contribution in [2.75, 3.05) is 44.2 Å². The zero-order chi connectivity index (χ0) is 31.9. The standard InChI is InChI=1S/C40H52N2O3/c1-6-7-10-28-42(31-34-17-22-37(43-3)23-18-34)40-29-39(45-5)24-19-35(40)12-9-8-11-27-41(30-33-15-13-32(2)14-16-33)36-20-25-38(44-4)26-21-36/h13-26,29H,6-12,27-28,30-31H2,1-5H3. The first-order valence-corrected chi connectivity index (χ1v) is 16.5. The van der Waals surface area contributed by atoms with E-state index in [1.54, 1.807) is 21.3 Å². The van der Waals surface area contributed by atoms with Crippen LogP contribution in [0.1, 0.15) is 67.7 Å². The van der Waals surface area contributed by atoms with Gasteiger partial charge < -0.3 is 24.0 Å². The Morgan fingerprint density at radius 2 is 1.07 bits per heavy atom. The molecule has 0 aliphatic heterocycles. The molecule has 0 bridgehead atoms. The molecule has 0 radical (unpaired) electrons. The average Bonchev–Trinajstić information content (AvgIpc) is 3.08. The molecule has 240 valence electrons. The van der Waals surface area contributed by atoms with Crippen molar-refractivity contribution in [1.29, 1.82) is 0 Å². The normalized spacial score (nSPS) is 10.9. The molecule has 4 aromatic rings. The predicted octanol–water partition coefficient (Wildman–Crippen LogP) is 9.64. The van der Waals surface area contributed by atoms with E-state index in [2.05, 4.69) is 115 Å². The summed E-state index contributed by atoms with van der Waals surface area (Å²) < 4.78 is 16.5. The van der Waals surface area contributed by atoms with Crippen LogP contribution in [0.15, 0.2) is 91.0 Å². The van der Waals surface area contributed by atoms with Gasteiger partial charge >= 0.3 is 0 Å². The lowest BCUT2D eigenvalue weighted by Crippen LogP contribution is -2.25. The van der Waals surface area contributed by atoms with Gasteiger partial charge in [-0.1, -0.05) is 74.2 Å². The zero-order valence-electron chi connectivity index (χ0n) is 28.1. The Labute approximate surface area is 271 Å². The highest BCUT2D eigenvalue weighted by atomic mass is 16.5. The van der Waals surface area contributed by atoms with Crippen LogP contribution < -0.4 is 24.0 Å². The van der Waals surface area contributed by atoms with Crippen LogP contribution in [0, 0.1) is 6.92 Å². The summed E-state index contributed by atoms with van der Waals surface area (Å²) in [5.41, 5.74) is 7.83. The van der Waals surface area contributed by atoms with Crippen molar-refractivity contribution in [3.05, 3.63) is 113 Å². The molecule has 0 aromatic heterocycles. The van der Waals surface area contributed by atoms with Crippen molar-refractivity contribution in [2.24, 2.45) is 0 Å². The van der Waals surface area contributed by atoms with Gasteiger partial charge in [-0.2, -0.15) is 0 Å². The monoisotopic (exact) mass is 608 g/mol. The van der Waals surface area contributed by atoms with Gasteiger partial charge in [0.2, 0.25) is 0 Å². The van der Waals surface area contributed by atoms with Crippen molar-refractivity contribution >= 4 is 11.4 Å². The van der Waals surface area contributed by atoms with Gasteiger partial charge in [-0.15, -0.1) is 0 Å². The number of nitrogens with zero attached hydrogens (tertiary/aromatic N) is 2. The Kier molecular flexibility index (Phi) is 13.5. The van der Waals surface area contributed by atoms with Crippen molar-refractivity contribution in [1.82, 2.24) is 0 Å². The first-order valence-electron chi connectivity index (χ1n) is 16.5. The number of aryl methyl sites for hydroxylation is 2. The van der Waals surface area contributed by atoms with E-state index in [-0.39, 0.29) is 0 Å². The number of hydrogen-bond acceptors (Lipinski definition) is 5.